The summed E-state index contributed by atoms with van der Waals surface area (Å²) in [4.78, 5) is 16.7. The molecule has 0 saturated heterocycles. The molecule has 3 aromatic rings. The average molecular weight is 404 g/mol. The second-order valence-corrected chi connectivity index (χ2v) is 5.84. The van der Waals surface area contributed by atoms with E-state index in [1.165, 1.54) is 0 Å². The molecule has 110 valence electrons. The first-order valence-corrected chi connectivity index (χ1v) is 7.76. The van der Waals surface area contributed by atoms with E-state index >= 15 is 0 Å². The lowest BCUT2D eigenvalue weighted by Gasteiger charge is -2.07. The molecule has 3 rings (SSSR count). The third-order valence-electron chi connectivity index (χ3n) is 3.24. The number of halogens is 1. The lowest BCUT2D eigenvalue weighted by Crippen LogP contribution is -2.14. The normalized spacial score (nSPS) is 10.5. The van der Waals surface area contributed by atoms with Gasteiger partial charge in [0.1, 0.15) is 0 Å². The second-order valence-electron chi connectivity index (χ2n) is 4.68. The average Bonchev–Trinajstić information content (AvgIpc) is 2.92. The van der Waals surface area contributed by atoms with E-state index in [2.05, 4.69) is 38.0 Å². The summed E-state index contributed by atoms with van der Waals surface area (Å²) >= 11 is 2.19. The third kappa shape index (κ3) is 2.87. The van der Waals surface area contributed by atoms with Crippen molar-refractivity contribution in [3.8, 4) is 5.82 Å². The number of rotatable bonds is 3. The first-order valence-electron chi connectivity index (χ1n) is 6.69. The summed E-state index contributed by atoms with van der Waals surface area (Å²) in [5, 5.41) is 7.17. The number of para-hydroxylation sites is 1. The minimum absolute atomic E-state index is 0.177. The molecule has 0 saturated carbocycles. The summed E-state index contributed by atoms with van der Waals surface area (Å²) in [5.41, 5.74) is 2.07. The Bertz CT molecular complexity index is 814. The standard InChI is InChI=1S/C16H13IN4O/c1-11-12(10-19-21(11)15-8-4-5-9-18-15)16(22)20-14-7-3-2-6-13(14)17/h2-10H,1H3,(H,20,22). The molecule has 1 N–H and O–H groups in total. The van der Waals surface area contributed by atoms with Crippen molar-refractivity contribution in [2.24, 2.45) is 0 Å². The molecule has 0 aliphatic rings. The predicted molar refractivity (Wildman–Crippen MR) is 93.2 cm³/mol. The third-order valence-corrected chi connectivity index (χ3v) is 4.18. The summed E-state index contributed by atoms with van der Waals surface area (Å²) < 4.78 is 2.65. The fourth-order valence-corrected chi connectivity index (χ4v) is 2.62. The molecule has 2 heterocycles. The van der Waals surface area contributed by atoms with Crippen LogP contribution in [0, 0.1) is 10.5 Å². The van der Waals surface area contributed by atoms with Crippen LogP contribution in [0.4, 0.5) is 5.69 Å². The molecule has 0 unspecified atom stereocenters. The molecule has 0 atom stereocenters. The number of nitrogens with zero attached hydrogens (tertiary/aromatic N) is 3. The van der Waals surface area contributed by atoms with Crippen LogP contribution in [0.3, 0.4) is 0 Å². The Hall–Kier alpha value is -2.22. The van der Waals surface area contributed by atoms with Gasteiger partial charge in [-0.3, -0.25) is 4.79 Å². The summed E-state index contributed by atoms with van der Waals surface area (Å²) in [6, 6.07) is 13.2. The lowest BCUT2D eigenvalue weighted by atomic mass is 10.2. The fraction of sp³-hybridized carbons (Fsp3) is 0.0625. The van der Waals surface area contributed by atoms with E-state index in [0.717, 1.165) is 15.0 Å². The number of carbonyl (C=O) groups excluding carboxylic acids is 1. The highest BCUT2D eigenvalue weighted by Crippen LogP contribution is 2.19. The van der Waals surface area contributed by atoms with Gasteiger partial charge in [0.25, 0.3) is 5.91 Å². The Morgan fingerprint density at radius 3 is 2.68 bits per heavy atom. The first kappa shape index (κ1) is 14.7. The Morgan fingerprint density at radius 1 is 1.18 bits per heavy atom. The van der Waals surface area contributed by atoms with E-state index in [1.54, 1.807) is 17.1 Å². The van der Waals surface area contributed by atoms with Crippen molar-refractivity contribution in [3.05, 3.63) is 69.7 Å². The van der Waals surface area contributed by atoms with Gasteiger partial charge in [0.2, 0.25) is 0 Å². The van der Waals surface area contributed by atoms with Gasteiger partial charge in [-0.1, -0.05) is 18.2 Å². The van der Waals surface area contributed by atoms with Crippen molar-refractivity contribution < 1.29 is 4.79 Å². The van der Waals surface area contributed by atoms with E-state index in [0.29, 0.717) is 11.4 Å². The van der Waals surface area contributed by atoms with Crippen LogP contribution >= 0.6 is 22.6 Å². The molecule has 0 bridgehead atoms. The van der Waals surface area contributed by atoms with E-state index in [1.807, 2.05) is 49.4 Å². The monoisotopic (exact) mass is 404 g/mol. The van der Waals surface area contributed by atoms with Gasteiger partial charge in [-0.25, -0.2) is 9.67 Å². The Kier molecular flexibility index (Phi) is 4.19. The molecule has 5 nitrogen and oxygen atoms in total. The zero-order valence-corrected chi connectivity index (χ0v) is 14.0. The quantitative estimate of drug-likeness (QED) is 0.681. The second kappa shape index (κ2) is 6.27. The topological polar surface area (TPSA) is 59.8 Å². The summed E-state index contributed by atoms with van der Waals surface area (Å²) in [6.07, 6.45) is 3.26. The van der Waals surface area contributed by atoms with Crippen LogP contribution in [0.25, 0.3) is 5.82 Å². The van der Waals surface area contributed by atoms with Crippen LogP contribution in [0.2, 0.25) is 0 Å². The van der Waals surface area contributed by atoms with Crippen LogP contribution in [0.5, 0.6) is 0 Å². The maximum atomic E-state index is 12.4. The number of benzene rings is 1. The van der Waals surface area contributed by atoms with Crippen molar-refractivity contribution in [1.82, 2.24) is 14.8 Å². The van der Waals surface area contributed by atoms with Crippen LogP contribution in [0.1, 0.15) is 16.1 Å². The van der Waals surface area contributed by atoms with Crippen molar-refractivity contribution in [1.29, 1.82) is 0 Å². The number of aromatic nitrogens is 3. The van der Waals surface area contributed by atoms with Crippen LogP contribution < -0.4 is 5.32 Å². The Morgan fingerprint density at radius 2 is 1.95 bits per heavy atom. The van der Waals surface area contributed by atoms with Crippen molar-refractivity contribution >= 4 is 34.2 Å². The van der Waals surface area contributed by atoms with E-state index in [4.69, 9.17) is 0 Å². The van der Waals surface area contributed by atoms with Gasteiger partial charge in [0.05, 0.1) is 23.1 Å². The number of nitrogens with one attached hydrogen (secondary N) is 1. The zero-order chi connectivity index (χ0) is 15.5. The molecular formula is C16H13IN4O. The predicted octanol–water partition coefficient (Wildman–Crippen LogP) is 3.43. The van der Waals surface area contributed by atoms with Crippen LogP contribution in [-0.4, -0.2) is 20.7 Å². The molecule has 1 amide bonds. The van der Waals surface area contributed by atoms with E-state index in [-0.39, 0.29) is 5.91 Å². The lowest BCUT2D eigenvalue weighted by molar-refractivity contribution is 0.102. The summed E-state index contributed by atoms with van der Waals surface area (Å²) in [6.45, 7) is 1.85. The van der Waals surface area contributed by atoms with Gasteiger partial charge >= 0.3 is 0 Å². The van der Waals surface area contributed by atoms with Gasteiger partial charge in [-0.05, 0) is 53.8 Å². The molecular weight excluding hydrogens is 391 g/mol. The molecule has 1 aromatic carbocycles. The molecule has 0 radical (unpaired) electrons. The molecule has 6 heteroatoms. The number of hydrogen-bond acceptors (Lipinski definition) is 3. The largest absolute Gasteiger partial charge is 0.321 e. The van der Waals surface area contributed by atoms with Crippen LogP contribution in [0.15, 0.2) is 54.9 Å². The number of anilines is 1. The van der Waals surface area contributed by atoms with Crippen LogP contribution in [-0.2, 0) is 0 Å². The van der Waals surface area contributed by atoms with Gasteiger partial charge in [0.15, 0.2) is 5.82 Å². The van der Waals surface area contributed by atoms with Gasteiger partial charge < -0.3 is 5.32 Å². The van der Waals surface area contributed by atoms with Gasteiger partial charge in [0, 0.05) is 9.77 Å². The number of hydrogen-bond donors (Lipinski definition) is 1. The maximum Gasteiger partial charge on any atom is 0.259 e. The molecule has 0 spiro atoms. The Labute approximate surface area is 141 Å². The van der Waals surface area contributed by atoms with Crippen molar-refractivity contribution in [2.75, 3.05) is 5.32 Å². The Balaban J connectivity index is 1.89. The van der Waals surface area contributed by atoms with Crippen molar-refractivity contribution in [3.63, 3.8) is 0 Å². The SMILES string of the molecule is Cc1c(C(=O)Nc2ccccc2I)cnn1-c1ccccn1. The van der Waals surface area contributed by atoms with E-state index < -0.39 is 0 Å². The number of carbonyl (C=O) groups is 1. The summed E-state index contributed by atoms with van der Waals surface area (Å²) in [7, 11) is 0. The molecule has 0 fully saturated rings. The fourth-order valence-electron chi connectivity index (χ4n) is 2.09. The highest BCUT2D eigenvalue weighted by Gasteiger charge is 2.16. The number of amides is 1. The first-order chi connectivity index (χ1) is 10.7. The molecule has 22 heavy (non-hydrogen) atoms. The molecule has 0 aliphatic carbocycles. The maximum absolute atomic E-state index is 12.4. The highest BCUT2D eigenvalue weighted by atomic mass is 127. The smallest absolute Gasteiger partial charge is 0.259 e. The van der Waals surface area contributed by atoms with Crippen molar-refractivity contribution in [2.45, 2.75) is 6.92 Å². The molecule has 0 aliphatic heterocycles. The minimum atomic E-state index is -0.177. The van der Waals surface area contributed by atoms with E-state index in [9.17, 15) is 4.79 Å². The van der Waals surface area contributed by atoms with Gasteiger partial charge in [-0.2, -0.15) is 5.10 Å². The molecule has 2 aromatic heterocycles. The minimum Gasteiger partial charge on any atom is -0.321 e. The highest BCUT2D eigenvalue weighted by molar-refractivity contribution is 14.1. The van der Waals surface area contributed by atoms with Gasteiger partial charge in [-0.15, -0.1) is 0 Å². The number of pyridine rings is 1. The zero-order valence-electron chi connectivity index (χ0n) is 11.8. The summed E-state index contributed by atoms with van der Waals surface area (Å²) in [5.74, 6) is 0.511.